The van der Waals surface area contributed by atoms with Gasteiger partial charge in [-0.2, -0.15) is 0 Å². The van der Waals surface area contributed by atoms with Gasteiger partial charge in [-0.05, 0) is 23.3 Å². The number of rotatable bonds is 6. The van der Waals surface area contributed by atoms with E-state index in [-0.39, 0.29) is 18.6 Å². The van der Waals surface area contributed by atoms with Gasteiger partial charge in [0.2, 0.25) is 0 Å². The van der Waals surface area contributed by atoms with Crippen molar-refractivity contribution in [1.29, 1.82) is 0 Å². The Hall–Kier alpha value is -2.17. The van der Waals surface area contributed by atoms with Gasteiger partial charge >= 0.3 is 0 Å². The highest BCUT2D eigenvalue weighted by atomic mass is 16.3. The van der Waals surface area contributed by atoms with Gasteiger partial charge in [0.25, 0.3) is 5.91 Å². The molecule has 2 aromatic rings. The van der Waals surface area contributed by atoms with E-state index in [1.54, 1.807) is 19.0 Å². The highest BCUT2D eigenvalue weighted by Gasteiger charge is 2.11. The van der Waals surface area contributed by atoms with E-state index < -0.39 is 0 Å². The van der Waals surface area contributed by atoms with Crippen molar-refractivity contribution in [2.45, 2.75) is 12.6 Å². The Morgan fingerprint density at radius 3 is 2.50 bits per heavy atom. The summed E-state index contributed by atoms with van der Waals surface area (Å²) in [5.41, 5.74) is 2.73. The molecule has 0 saturated heterocycles. The predicted octanol–water partition coefficient (Wildman–Crippen LogP) is 2.21. The quantitative estimate of drug-likeness (QED) is 0.860. The number of hydrogen-bond donors (Lipinski definition) is 2. The fourth-order valence-corrected chi connectivity index (χ4v) is 2.29. The van der Waals surface area contributed by atoms with Crippen LogP contribution in [0.25, 0.3) is 0 Å². The molecule has 0 aliphatic carbocycles. The van der Waals surface area contributed by atoms with Gasteiger partial charge in [0.15, 0.2) is 0 Å². The third kappa shape index (κ3) is 4.16. The summed E-state index contributed by atoms with van der Waals surface area (Å²) in [6.45, 7) is 0.620. The Balaban J connectivity index is 2.05. The average Bonchev–Trinajstić information content (AvgIpc) is 2.56. The van der Waals surface area contributed by atoms with Crippen LogP contribution in [0.5, 0.6) is 0 Å². The van der Waals surface area contributed by atoms with Gasteiger partial charge in [0, 0.05) is 26.2 Å². The summed E-state index contributed by atoms with van der Waals surface area (Å²) in [7, 11) is 3.48. The minimum Gasteiger partial charge on any atom is -0.394 e. The largest absolute Gasteiger partial charge is 0.394 e. The van der Waals surface area contributed by atoms with Crippen LogP contribution < -0.4 is 5.32 Å². The predicted molar refractivity (Wildman–Crippen MR) is 87.6 cm³/mol. The maximum Gasteiger partial charge on any atom is 0.253 e. The highest BCUT2D eigenvalue weighted by Crippen LogP contribution is 2.13. The van der Waals surface area contributed by atoms with E-state index in [4.69, 9.17) is 0 Å². The number of carbonyl (C=O) groups excluding carboxylic acids is 1. The van der Waals surface area contributed by atoms with Crippen LogP contribution in [0.4, 0.5) is 0 Å². The second-order valence-electron chi connectivity index (χ2n) is 5.43. The van der Waals surface area contributed by atoms with Crippen LogP contribution in [0, 0.1) is 0 Å². The third-order valence-corrected chi connectivity index (χ3v) is 3.52. The van der Waals surface area contributed by atoms with E-state index in [9.17, 15) is 9.90 Å². The molecule has 1 amide bonds. The Morgan fingerprint density at radius 2 is 1.86 bits per heavy atom. The molecule has 2 rings (SSSR count). The molecule has 0 spiro atoms. The molecule has 116 valence electrons. The van der Waals surface area contributed by atoms with Crippen molar-refractivity contribution in [3.63, 3.8) is 0 Å². The first-order chi connectivity index (χ1) is 10.6. The van der Waals surface area contributed by atoms with Crippen molar-refractivity contribution < 1.29 is 9.90 Å². The topological polar surface area (TPSA) is 52.6 Å². The van der Waals surface area contributed by atoms with E-state index in [2.05, 4.69) is 5.32 Å². The van der Waals surface area contributed by atoms with E-state index in [1.807, 2.05) is 54.6 Å². The lowest BCUT2D eigenvalue weighted by atomic mass is 10.1. The third-order valence-electron chi connectivity index (χ3n) is 3.52. The van der Waals surface area contributed by atoms with Crippen LogP contribution in [-0.4, -0.2) is 36.6 Å². The van der Waals surface area contributed by atoms with Crippen molar-refractivity contribution in [3.8, 4) is 0 Å². The summed E-state index contributed by atoms with van der Waals surface area (Å²) in [5, 5.41) is 12.9. The molecule has 0 bridgehead atoms. The van der Waals surface area contributed by atoms with Crippen LogP contribution in [0.15, 0.2) is 54.6 Å². The molecule has 4 nitrogen and oxygen atoms in total. The molecular weight excluding hydrogens is 276 g/mol. The second-order valence-corrected chi connectivity index (χ2v) is 5.43. The highest BCUT2D eigenvalue weighted by molar-refractivity contribution is 5.94. The zero-order valence-corrected chi connectivity index (χ0v) is 13.0. The van der Waals surface area contributed by atoms with Crippen molar-refractivity contribution in [3.05, 3.63) is 71.3 Å². The van der Waals surface area contributed by atoms with Crippen molar-refractivity contribution in [2.24, 2.45) is 0 Å². The molecule has 0 aliphatic rings. The van der Waals surface area contributed by atoms with Crippen LogP contribution in [0.1, 0.15) is 27.5 Å². The molecule has 0 aromatic heterocycles. The number of carbonyl (C=O) groups is 1. The van der Waals surface area contributed by atoms with Gasteiger partial charge in [-0.25, -0.2) is 0 Å². The molecule has 0 fully saturated rings. The number of aliphatic hydroxyl groups is 1. The number of benzene rings is 2. The molecular formula is C18H22N2O2. The lowest BCUT2D eigenvalue weighted by Gasteiger charge is -2.17. The molecule has 22 heavy (non-hydrogen) atoms. The summed E-state index contributed by atoms with van der Waals surface area (Å²) in [6.07, 6.45) is 0. The number of nitrogens with one attached hydrogen (secondary N) is 1. The maximum absolute atomic E-state index is 12.0. The summed E-state index contributed by atoms with van der Waals surface area (Å²) >= 11 is 0. The SMILES string of the molecule is CN(C)C(=O)c1cccc(CN[C@@H](CO)c2ccccc2)c1. The lowest BCUT2D eigenvalue weighted by Crippen LogP contribution is -2.24. The molecule has 2 N–H and O–H groups in total. The standard InChI is InChI=1S/C18H22N2O2/c1-20(2)18(22)16-10-6-7-14(11-16)12-19-17(13-21)15-8-4-3-5-9-15/h3-11,17,19,21H,12-13H2,1-2H3/t17-/m0/s1. The van der Waals surface area contributed by atoms with Crippen molar-refractivity contribution >= 4 is 5.91 Å². The van der Waals surface area contributed by atoms with Gasteiger partial charge in [-0.1, -0.05) is 42.5 Å². The number of aliphatic hydroxyl groups excluding tert-OH is 1. The zero-order chi connectivity index (χ0) is 15.9. The molecule has 1 atom stereocenters. The van der Waals surface area contributed by atoms with Gasteiger partial charge < -0.3 is 15.3 Å². The number of amides is 1. The van der Waals surface area contributed by atoms with Crippen molar-refractivity contribution in [1.82, 2.24) is 10.2 Å². The zero-order valence-electron chi connectivity index (χ0n) is 13.0. The van der Waals surface area contributed by atoms with Gasteiger partial charge in [0.1, 0.15) is 0 Å². The fourth-order valence-electron chi connectivity index (χ4n) is 2.29. The summed E-state index contributed by atoms with van der Waals surface area (Å²) < 4.78 is 0. The van der Waals surface area contributed by atoms with E-state index >= 15 is 0 Å². The van der Waals surface area contributed by atoms with Crippen LogP contribution in [0.3, 0.4) is 0 Å². The Morgan fingerprint density at radius 1 is 1.14 bits per heavy atom. The summed E-state index contributed by atoms with van der Waals surface area (Å²) in [5.74, 6) is -0.0105. The molecule has 0 heterocycles. The van der Waals surface area contributed by atoms with Crippen molar-refractivity contribution in [2.75, 3.05) is 20.7 Å². The van der Waals surface area contributed by atoms with Crippen LogP contribution in [0.2, 0.25) is 0 Å². The monoisotopic (exact) mass is 298 g/mol. The fraction of sp³-hybridized carbons (Fsp3) is 0.278. The van der Waals surface area contributed by atoms with Gasteiger partial charge in [-0.15, -0.1) is 0 Å². The van der Waals surface area contributed by atoms with E-state index in [1.165, 1.54) is 0 Å². The number of nitrogens with zero attached hydrogens (tertiary/aromatic N) is 1. The average molecular weight is 298 g/mol. The van der Waals surface area contributed by atoms with Crippen LogP contribution in [-0.2, 0) is 6.54 Å². The normalized spacial score (nSPS) is 12.0. The van der Waals surface area contributed by atoms with Gasteiger partial charge in [-0.3, -0.25) is 4.79 Å². The maximum atomic E-state index is 12.0. The first-order valence-electron chi connectivity index (χ1n) is 7.31. The summed E-state index contributed by atoms with van der Waals surface area (Å²) in [6, 6.07) is 17.3. The first kappa shape index (κ1) is 16.2. The minimum atomic E-state index is -0.116. The smallest absolute Gasteiger partial charge is 0.253 e. The minimum absolute atomic E-state index is 0.0105. The molecule has 2 aromatic carbocycles. The Bertz CT molecular complexity index is 611. The molecule has 0 aliphatic heterocycles. The van der Waals surface area contributed by atoms with E-state index in [0.717, 1.165) is 11.1 Å². The Kier molecular flexibility index (Phi) is 5.69. The second kappa shape index (κ2) is 7.73. The Labute approximate surface area is 131 Å². The van der Waals surface area contributed by atoms with E-state index in [0.29, 0.717) is 12.1 Å². The summed E-state index contributed by atoms with van der Waals surface area (Å²) in [4.78, 5) is 13.5. The molecule has 0 radical (unpaired) electrons. The van der Waals surface area contributed by atoms with Crippen LogP contribution >= 0.6 is 0 Å². The van der Waals surface area contributed by atoms with Gasteiger partial charge in [0.05, 0.1) is 12.6 Å². The lowest BCUT2D eigenvalue weighted by molar-refractivity contribution is 0.0827. The number of hydrogen-bond acceptors (Lipinski definition) is 3. The first-order valence-corrected chi connectivity index (χ1v) is 7.31. The molecule has 0 unspecified atom stereocenters. The molecule has 4 heteroatoms. The molecule has 0 saturated carbocycles.